The summed E-state index contributed by atoms with van der Waals surface area (Å²) >= 11 is 0. The van der Waals surface area contributed by atoms with Gasteiger partial charge in [0.25, 0.3) is 0 Å². The van der Waals surface area contributed by atoms with Gasteiger partial charge < -0.3 is 5.32 Å². The monoisotopic (exact) mass is 275 g/mol. The summed E-state index contributed by atoms with van der Waals surface area (Å²) in [7, 11) is 0. The van der Waals surface area contributed by atoms with Gasteiger partial charge in [0.05, 0.1) is 0 Å². The SMILES string of the molecule is CC1=CC=CC(Nc2ccc(-c3ccccc3)cc2)CC1. The Morgan fingerprint density at radius 3 is 2.38 bits per heavy atom. The van der Waals surface area contributed by atoms with Gasteiger partial charge in [0.2, 0.25) is 0 Å². The number of nitrogens with one attached hydrogen (secondary N) is 1. The smallest absolute Gasteiger partial charge is 0.0450 e. The summed E-state index contributed by atoms with van der Waals surface area (Å²) in [4.78, 5) is 0. The van der Waals surface area contributed by atoms with Crippen molar-refractivity contribution in [2.45, 2.75) is 25.8 Å². The molecule has 0 bridgehead atoms. The predicted octanol–water partition coefficient (Wildman–Crippen LogP) is 5.43. The highest BCUT2D eigenvalue weighted by molar-refractivity contribution is 5.66. The zero-order valence-electron chi connectivity index (χ0n) is 12.4. The zero-order chi connectivity index (χ0) is 14.5. The Kier molecular flexibility index (Phi) is 4.20. The van der Waals surface area contributed by atoms with Crippen molar-refractivity contribution in [1.82, 2.24) is 0 Å². The lowest BCUT2D eigenvalue weighted by Gasteiger charge is -2.16. The molecular weight excluding hydrogens is 254 g/mol. The van der Waals surface area contributed by atoms with E-state index < -0.39 is 0 Å². The van der Waals surface area contributed by atoms with Crippen molar-refractivity contribution in [3.05, 3.63) is 78.4 Å². The lowest BCUT2D eigenvalue weighted by atomic mass is 10.0. The molecule has 1 aliphatic rings. The molecule has 1 N–H and O–H groups in total. The van der Waals surface area contributed by atoms with Crippen molar-refractivity contribution in [2.24, 2.45) is 0 Å². The molecule has 2 aromatic rings. The van der Waals surface area contributed by atoms with Gasteiger partial charge in [0.1, 0.15) is 0 Å². The first-order valence-corrected chi connectivity index (χ1v) is 7.57. The molecule has 106 valence electrons. The molecule has 3 rings (SSSR count). The Labute approximate surface area is 127 Å². The van der Waals surface area contributed by atoms with Crippen LogP contribution in [-0.2, 0) is 0 Å². The summed E-state index contributed by atoms with van der Waals surface area (Å²) < 4.78 is 0. The Morgan fingerprint density at radius 2 is 1.62 bits per heavy atom. The van der Waals surface area contributed by atoms with Crippen LogP contribution in [0.1, 0.15) is 19.8 Å². The fraction of sp³-hybridized carbons (Fsp3) is 0.200. The molecule has 0 saturated heterocycles. The highest BCUT2D eigenvalue weighted by Crippen LogP contribution is 2.22. The molecule has 0 aliphatic heterocycles. The minimum atomic E-state index is 0.418. The van der Waals surface area contributed by atoms with Crippen LogP contribution < -0.4 is 5.32 Å². The van der Waals surface area contributed by atoms with E-state index in [1.807, 2.05) is 6.07 Å². The number of rotatable bonds is 3. The molecule has 1 aliphatic carbocycles. The summed E-state index contributed by atoms with van der Waals surface area (Å²) in [5.74, 6) is 0. The van der Waals surface area contributed by atoms with Crippen molar-refractivity contribution in [3.63, 3.8) is 0 Å². The van der Waals surface area contributed by atoms with E-state index in [0.717, 1.165) is 12.8 Å². The summed E-state index contributed by atoms with van der Waals surface area (Å²) in [6.07, 6.45) is 8.94. The molecular formula is C20H21N. The van der Waals surface area contributed by atoms with Crippen LogP contribution in [0, 0.1) is 0 Å². The van der Waals surface area contributed by atoms with Crippen LogP contribution in [-0.4, -0.2) is 6.04 Å². The zero-order valence-corrected chi connectivity index (χ0v) is 12.4. The van der Waals surface area contributed by atoms with Crippen LogP contribution in [0.25, 0.3) is 11.1 Å². The van der Waals surface area contributed by atoms with Gasteiger partial charge in [-0.15, -0.1) is 0 Å². The van der Waals surface area contributed by atoms with E-state index in [0.29, 0.717) is 6.04 Å². The molecule has 1 heteroatoms. The fourth-order valence-electron chi connectivity index (χ4n) is 2.64. The van der Waals surface area contributed by atoms with Crippen molar-refractivity contribution >= 4 is 5.69 Å². The Bertz CT molecular complexity index is 635. The predicted molar refractivity (Wildman–Crippen MR) is 91.4 cm³/mol. The number of allylic oxidation sites excluding steroid dienone is 3. The molecule has 0 fully saturated rings. The van der Waals surface area contributed by atoms with E-state index in [4.69, 9.17) is 0 Å². The summed E-state index contributed by atoms with van der Waals surface area (Å²) in [5, 5.41) is 3.60. The lowest BCUT2D eigenvalue weighted by Crippen LogP contribution is -2.16. The summed E-state index contributed by atoms with van der Waals surface area (Å²) in [6.45, 7) is 2.20. The molecule has 1 atom stereocenters. The van der Waals surface area contributed by atoms with E-state index in [-0.39, 0.29) is 0 Å². The van der Waals surface area contributed by atoms with Crippen LogP contribution in [0.2, 0.25) is 0 Å². The van der Waals surface area contributed by atoms with E-state index in [9.17, 15) is 0 Å². The standard InChI is InChI=1S/C20H21N/c1-16-6-5-9-19(13-10-16)21-20-14-11-18(12-15-20)17-7-3-2-4-8-17/h2-9,11-12,14-15,19,21H,10,13H2,1H3. The fourth-order valence-corrected chi connectivity index (χ4v) is 2.64. The lowest BCUT2D eigenvalue weighted by molar-refractivity contribution is 0.760. The van der Waals surface area contributed by atoms with Gasteiger partial charge in [0.15, 0.2) is 0 Å². The van der Waals surface area contributed by atoms with Gasteiger partial charge in [-0.2, -0.15) is 0 Å². The van der Waals surface area contributed by atoms with E-state index in [2.05, 4.69) is 79.0 Å². The summed E-state index contributed by atoms with van der Waals surface area (Å²) in [5.41, 5.74) is 5.16. The quantitative estimate of drug-likeness (QED) is 0.787. The molecule has 0 heterocycles. The highest BCUT2D eigenvalue weighted by Gasteiger charge is 2.07. The molecule has 0 spiro atoms. The van der Waals surface area contributed by atoms with Crippen molar-refractivity contribution < 1.29 is 0 Å². The van der Waals surface area contributed by atoms with Crippen LogP contribution >= 0.6 is 0 Å². The third-order valence-electron chi connectivity index (χ3n) is 3.92. The second-order valence-corrected chi connectivity index (χ2v) is 5.63. The molecule has 0 saturated carbocycles. The highest BCUT2D eigenvalue weighted by atomic mass is 14.9. The second-order valence-electron chi connectivity index (χ2n) is 5.63. The third kappa shape index (κ3) is 3.63. The van der Waals surface area contributed by atoms with E-state index in [1.165, 1.54) is 22.4 Å². The normalized spacial score (nSPS) is 18.0. The van der Waals surface area contributed by atoms with Gasteiger partial charge in [-0.25, -0.2) is 0 Å². The molecule has 21 heavy (non-hydrogen) atoms. The molecule has 0 aromatic heterocycles. The van der Waals surface area contributed by atoms with E-state index in [1.54, 1.807) is 0 Å². The molecule has 1 nitrogen and oxygen atoms in total. The first-order chi connectivity index (χ1) is 10.3. The van der Waals surface area contributed by atoms with Crippen LogP contribution in [0.4, 0.5) is 5.69 Å². The molecule has 1 unspecified atom stereocenters. The first-order valence-electron chi connectivity index (χ1n) is 7.57. The average Bonchev–Trinajstić information content (AvgIpc) is 2.74. The molecule has 0 radical (unpaired) electrons. The Morgan fingerprint density at radius 1 is 0.905 bits per heavy atom. The van der Waals surface area contributed by atoms with Crippen molar-refractivity contribution in [1.29, 1.82) is 0 Å². The Hall–Kier alpha value is -2.28. The topological polar surface area (TPSA) is 12.0 Å². The maximum absolute atomic E-state index is 3.60. The van der Waals surface area contributed by atoms with Gasteiger partial charge in [-0.1, -0.05) is 66.3 Å². The van der Waals surface area contributed by atoms with Crippen LogP contribution in [0.15, 0.2) is 78.4 Å². The van der Waals surface area contributed by atoms with Gasteiger partial charge in [-0.05, 0) is 43.0 Å². The molecule has 0 amide bonds. The maximum atomic E-state index is 3.60. The first kappa shape index (κ1) is 13.7. The van der Waals surface area contributed by atoms with Crippen molar-refractivity contribution in [2.75, 3.05) is 5.32 Å². The number of hydrogen-bond acceptors (Lipinski definition) is 1. The van der Waals surface area contributed by atoms with Gasteiger partial charge in [-0.3, -0.25) is 0 Å². The number of hydrogen-bond donors (Lipinski definition) is 1. The second kappa shape index (κ2) is 6.45. The number of anilines is 1. The summed E-state index contributed by atoms with van der Waals surface area (Å²) in [6, 6.07) is 19.6. The van der Waals surface area contributed by atoms with Crippen LogP contribution in [0.3, 0.4) is 0 Å². The van der Waals surface area contributed by atoms with Crippen LogP contribution in [0.5, 0.6) is 0 Å². The maximum Gasteiger partial charge on any atom is 0.0450 e. The van der Waals surface area contributed by atoms with Gasteiger partial charge in [0, 0.05) is 11.7 Å². The average molecular weight is 275 g/mol. The third-order valence-corrected chi connectivity index (χ3v) is 3.92. The Balaban J connectivity index is 1.68. The minimum Gasteiger partial charge on any atom is -0.379 e. The van der Waals surface area contributed by atoms with Gasteiger partial charge >= 0.3 is 0 Å². The minimum absolute atomic E-state index is 0.418. The molecule has 2 aromatic carbocycles. The number of benzene rings is 2. The largest absolute Gasteiger partial charge is 0.379 e. The van der Waals surface area contributed by atoms with E-state index >= 15 is 0 Å². The van der Waals surface area contributed by atoms with Crippen molar-refractivity contribution in [3.8, 4) is 11.1 Å².